The van der Waals surface area contributed by atoms with E-state index < -0.39 is 10.0 Å². The second-order valence-corrected chi connectivity index (χ2v) is 11.4. The van der Waals surface area contributed by atoms with Crippen molar-refractivity contribution in [3.8, 4) is 0 Å². The predicted molar refractivity (Wildman–Crippen MR) is 142 cm³/mol. The second kappa shape index (κ2) is 12.7. The number of benzene rings is 3. The van der Waals surface area contributed by atoms with E-state index in [-0.39, 0.29) is 23.2 Å². The zero-order valence-electron chi connectivity index (χ0n) is 20.0. The summed E-state index contributed by atoms with van der Waals surface area (Å²) in [6.45, 7) is 4.28. The van der Waals surface area contributed by atoms with Crippen molar-refractivity contribution in [2.45, 2.75) is 36.8 Å². The van der Waals surface area contributed by atoms with Crippen molar-refractivity contribution < 1.29 is 17.6 Å². The average molecular weight is 515 g/mol. The highest BCUT2D eigenvalue weighted by molar-refractivity contribution is 7.98. The lowest BCUT2D eigenvalue weighted by Crippen LogP contribution is -2.41. The zero-order chi connectivity index (χ0) is 25.3. The fraction of sp³-hybridized carbons (Fsp3) is 0.296. The van der Waals surface area contributed by atoms with Gasteiger partial charge in [-0.1, -0.05) is 56.3 Å². The normalized spacial score (nSPS) is 11.4. The van der Waals surface area contributed by atoms with E-state index in [1.165, 1.54) is 24.3 Å². The van der Waals surface area contributed by atoms with E-state index in [9.17, 15) is 17.6 Å². The summed E-state index contributed by atoms with van der Waals surface area (Å²) in [4.78, 5) is 12.8. The third kappa shape index (κ3) is 7.83. The Morgan fingerprint density at radius 2 is 1.63 bits per heavy atom. The molecule has 0 spiro atoms. The van der Waals surface area contributed by atoms with Gasteiger partial charge in [-0.25, -0.2) is 12.8 Å². The zero-order valence-corrected chi connectivity index (χ0v) is 21.6. The number of amides is 1. The fourth-order valence-electron chi connectivity index (χ4n) is 3.42. The Labute approximate surface area is 211 Å². The van der Waals surface area contributed by atoms with Gasteiger partial charge >= 0.3 is 0 Å². The fourth-order valence-corrected chi connectivity index (χ4v) is 5.78. The molecule has 0 fully saturated rings. The molecule has 5 nitrogen and oxygen atoms in total. The Bertz CT molecular complexity index is 1180. The lowest BCUT2D eigenvalue weighted by Gasteiger charge is -2.24. The molecule has 0 aliphatic rings. The Morgan fingerprint density at radius 3 is 2.26 bits per heavy atom. The predicted octanol–water partition coefficient (Wildman–Crippen LogP) is 5.58. The van der Waals surface area contributed by atoms with Crippen LogP contribution in [0, 0.1) is 5.82 Å². The minimum atomic E-state index is -3.91. The molecule has 0 radical (unpaired) electrons. The number of carbonyl (C=O) groups excluding carboxylic acids is 1. The molecular weight excluding hydrogens is 483 g/mol. The van der Waals surface area contributed by atoms with Crippen LogP contribution in [0.3, 0.4) is 0 Å². The number of nitrogens with one attached hydrogen (secondary N) is 1. The number of thioether (sulfide) groups is 1. The van der Waals surface area contributed by atoms with Crippen LogP contribution in [0.1, 0.15) is 37.3 Å². The summed E-state index contributed by atoms with van der Waals surface area (Å²) in [6, 6.07) is 21.8. The monoisotopic (exact) mass is 514 g/mol. The van der Waals surface area contributed by atoms with Gasteiger partial charge in [0, 0.05) is 12.3 Å². The highest BCUT2D eigenvalue weighted by atomic mass is 32.2. The minimum absolute atomic E-state index is 0.137. The number of hydrogen-bond donors (Lipinski definition) is 1. The standard InChI is InChI=1S/C27H31FN2O3S2/c1-21(2)23-11-15-25(16-12-23)30(35(32,33)26-7-4-3-5-8-26)19-27(31)29-17-6-18-34-20-22-9-13-24(28)14-10-22/h3-5,7-16,21H,6,17-20H2,1-2H3,(H,29,31). The maximum absolute atomic E-state index is 13.4. The number of halogens is 1. The van der Waals surface area contributed by atoms with E-state index in [1.54, 1.807) is 54.2 Å². The van der Waals surface area contributed by atoms with Crippen molar-refractivity contribution >= 4 is 33.4 Å². The molecule has 1 amide bonds. The van der Waals surface area contributed by atoms with E-state index in [1.807, 2.05) is 12.1 Å². The van der Waals surface area contributed by atoms with Gasteiger partial charge in [0.15, 0.2) is 0 Å². The SMILES string of the molecule is CC(C)c1ccc(N(CC(=O)NCCCSCc2ccc(F)cc2)S(=O)(=O)c2ccccc2)cc1. The Morgan fingerprint density at radius 1 is 0.971 bits per heavy atom. The number of nitrogens with zero attached hydrogens (tertiary/aromatic N) is 1. The first-order valence-corrected chi connectivity index (χ1v) is 14.1. The maximum Gasteiger partial charge on any atom is 0.264 e. The van der Waals surface area contributed by atoms with Crippen molar-refractivity contribution in [2.24, 2.45) is 0 Å². The van der Waals surface area contributed by atoms with Crippen LogP contribution in [0.15, 0.2) is 83.8 Å². The number of rotatable bonds is 12. The van der Waals surface area contributed by atoms with Crippen molar-refractivity contribution in [3.63, 3.8) is 0 Å². The summed E-state index contributed by atoms with van der Waals surface area (Å²) in [7, 11) is -3.91. The van der Waals surface area contributed by atoms with Crippen LogP contribution < -0.4 is 9.62 Å². The number of sulfonamides is 1. The van der Waals surface area contributed by atoms with Gasteiger partial charge in [-0.15, -0.1) is 0 Å². The minimum Gasteiger partial charge on any atom is -0.354 e. The van der Waals surface area contributed by atoms with Gasteiger partial charge in [-0.05, 0) is 65.6 Å². The van der Waals surface area contributed by atoms with E-state index in [4.69, 9.17) is 0 Å². The summed E-state index contributed by atoms with van der Waals surface area (Å²) in [5, 5.41) is 2.83. The molecule has 0 bridgehead atoms. The molecule has 0 unspecified atom stereocenters. The van der Waals surface area contributed by atoms with Crippen LogP contribution in [-0.2, 0) is 20.6 Å². The van der Waals surface area contributed by atoms with E-state index >= 15 is 0 Å². The molecule has 0 aromatic heterocycles. The van der Waals surface area contributed by atoms with Crippen LogP contribution in [0.25, 0.3) is 0 Å². The Hall–Kier alpha value is -2.84. The van der Waals surface area contributed by atoms with Crippen molar-refractivity contribution in [1.29, 1.82) is 0 Å². The molecule has 1 N–H and O–H groups in total. The van der Waals surface area contributed by atoms with E-state index in [0.29, 0.717) is 18.2 Å². The number of anilines is 1. The van der Waals surface area contributed by atoms with E-state index in [2.05, 4.69) is 19.2 Å². The summed E-state index contributed by atoms with van der Waals surface area (Å²) < 4.78 is 40.9. The molecule has 0 aliphatic heterocycles. The van der Waals surface area contributed by atoms with Crippen LogP contribution >= 0.6 is 11.8 Å². The summed E-state index contributed by atoms with van der Waals surface area (Å²) in [6.07, 6.45) is 0.742. The highest BCUT2D eigenvalue weighted by Gasteiger charge is 2.27. The molecule has 3 rings (SSSR count). The van der Waals surface area contributed by atoms with Gasteiger partial charge in [0.25, 0.3) is 10.0 Å². The number of hydrogen-bond acceptors (Lipinski definition) is 4. The van der Waals surface area contributed by atoms with Crippen LogP contribution in [0.4, 0.5) is 10.1 Å². The van der Waals surface area contributed by atoms with Gasteiger partial charge in [0.05, 0.1) is 10.6 Å². The second-order valence-electron chi connectivity index (χ2n) is 8.45. The van der Waals surface area contributed by atoms with Gasteiger partial charge < -0.3 is 5.32 Å². The largest absolute Gasteiger partial charge is 0.354 e. The Kier molecular flexibility index (Phi) is 9.74. The highest BCUT2D eigenvalue weighted by Crippen LogP contribution is 2.25. The molecule has 0 saturated carbocycles. The first kappa shape index (κ1) is 26.8. The molecule has 3 aromatic carbocycles. The molecule has 8 heteroatoms. The first-order chi connectivity index (χ1) is 16.8. The average Bonchev–Trinajstić information content (AvgIpc) is 2.86. The first-order valence-electron chi connectivity index (χ1n) is 11.5. The van der Waals surface area contributed by atoms with E-state index in [0.717, 1.165) is 33.4 Å². The van der Waals surface area contributed by atoms with Gasteiger partial charge in [-0.3, -0.25) is 9.10 Å². The number of carbonyl (C=O) groups is 1. The molecule has 0 atom stereocenters. The summed E-state index contributed by atoms with van der Waals surface area (Å²) in [5.74, 6) is 1.29. The van der Waals surface area contributed by atoms with Gasteiger partial charge in [-0.2, -0.15) is 11.8 Å². The van der Waals surface area contributed by atoms with Crippen LogP contribution in [-0.4, -0.2) is 33.2 Å². The van der Waals surface area contributed by atoms with Gasteiger partial charge in [0.2, 0.25) is 5.91 Å². The summed E-state index contributed by atoms with van der Waals surface area (Å²) >= 11 is 1.70. The van der Waals surface area contributed by atoms with Gasteiger partial charge in [0.1, 0.15) is 12.4 Å². The smallest absolute Gasteiger partial charge is 0.264 e. The van der Waals surface area contributed by atoms with Crippen LogP contribution in [0.5, 0.6) is 0 Å². The molecule has 186 valence electrons. The topological polar surface area (TPSA) is 66.5 Å². The third-order valence-electron chi connectivity index (χ3n) is 5.44. The van der Waals surface area contributed by atoms with Crippen molar-refractivity contribution in [2.75, 3.05) is 23.1 Å². The lowest BCUT2D eigenvalue weighted by molar-refractivity contribution is -0.119. The van der Waals surface area contributed by atoms with Crippen LogP contribution in [0.2, 0.25) is 0 Å². The molecule has 0 heterocycles. The van der Waals surface area contributed by atoms with Crippen molar-refractivity contribution in [3.05, 3.63) is 95.8 Å². The molecular formula is C27H31FN2O3S2. The third-order valence-corrected chi connectivity index (χ3v) is 8.34. The maximum atomic E-state index is 13.4. The molecule has 0 aliphatic carbocycles. The van der Waals surface area contributed by atoms with Crippen molar-refractivity contribution in [1.82, 2.24) is 5.32 Å². The Balaban J connectivity index is 1.59. The molecule has 0 saturated heterocycles. The molecule has 35 heavy (non-hydrogen) atoms. The summed E-state index contributed by atoms with van der Waals surface area (Å²) in [5.41, 5.74) is 2.59. The lowest BCUT2D eigenvalue weighted by atomic mass is 10.0. The molecule has 3 aromatic rings. The quantitative estimate of drug-likeness (QED) is 0.320.